The highest BCUT2D eigenvalue weighted by molar-refractivity contribution is 6.27. The molecular formula is C9H22O2Si. The Kier molecular flexibility index (Phi) is 9.33. The largest absolute Gasteiger partial charge is 0.400 e. The molecule has 0 aromatic carbocycles. The van der Waals surface area contributed by atoms with Crippen molar-refractivity contribution >= 4 is 9.76 Å². The summed E-state index contributed by atoms with van der Waals surface area (Å²) in [5.41, 5.74) is 0. The lowest BCUT2D eigenvalue weighted by Crippen LogP contribution is -2.13. The minimum Gasteiger partial charge on any atom is -0.400 e. The molecule has 0 aliphatic carbocycles. The standard InChI is InChI=1S/C9H22O2Si/c1-4-5-6-7-8-12-11-9(2)10-3/h9H,4-8,12H2,1-3H3. The normalized spacial score (nSPS) is 14.2. The maximum Gasteiger partial charge on any atom is 0.165 e. The fourth-order valence-corrected chi connectivity index (χ4v) is 2.22. The second kappa shape index (κ2) is 9.23. The van der Waals surface area contributed by atoms with Crippen LogP contribution in [0.3, 0.4) is 0 Å². The summed E-state index contributed by atoms with van der Waals surface area (Å²) in [5, 5.41) is 0. The molecule has 2 nitrogen and oxygen atoms in total. The van der Waals surface area contributed by atoms with Gasteiger partial charge in [0.2, 0.25) is 0 Å². The highest BCUT2D eigenvalue weighted by Gasteiger charge is 1.97. The molecule has 0 N–H and O–H groups in total. The van der Waals surface area contributed by atoms with Gasteiger partial charge < -0.3 is 9.16 Å². The molecule has 0 aliphatic rings. The molecule has 0 aromatic rings. The topological polar surface area (TPSA) is 18.5 Å². The summed E-state index contributed by atoms with van der Waals surface area (Å²) in [5.74, 6) is 0. The van der Waals surface area contributed by atoms with Crippen LogP contribution in [0.25, 0.3) is 0 Å². The van der Waals surface area contributed by atoms with Gasteiger partial charge in [0.15, 0.2) is 9.76 Å². The van der Waals surface area contributed by atoms with Crippen molar-refractivity contribution < 1.29 is 9.16 Å². The van der Waals surface area contributed by atoms with E-state index in [2.05, 4.69) is 6.92 Å². The van der Waals surface area contributed by atoms with E-state index in [1.807, 2.05) is 6.92 Å². The summed E-state index contributed by atoms with van der Waals surface area (Å²) in [4.78, 5) is 0. The predicted octanol–water partition coefficient (Wildman–Crippen LogP) is 2.08. The Bertz CT molecular complexity index is 88.6. The maximum atomic E-state index is 5.49. The summed E-state index contributed by atoms with van der Waals surface area (Å²) in [6.07, 6.45) is 5.42. The van der Waals surface area contributed by atoms with Crippen molar-refractivity contribution in [1.82, 2.24) is 0 Å². The van der Waals surface area contributed by atoms with Gasteiger partial charge in [-0.2, -0.15) is 0 Å². The molecule has 74 valence electrons. The number of methoxy groups -OCH3 is 1. The Morgan fingerprint density at radius 3 is 2.58 bits per heavy atom. The summed E-state index contributed by atoms with van der Waals surface area (Å²) >= 11 is 0. The molecule has 0 bridgehead atoms. The summed E-state index contributed by atoms with van der Waals surface area (Å²) in [6, 6.07) is 1.30. The van der Waals surface area contributed by atoms with E-state index in [4.69, 9.17) is 9.16 Å². The van der Waals surface area contributed by atoms with Crippen molar-refractivity contribution in [2.75, 3.05) is 7.11 Å². The van der Waals surface area contributed by atoms with Crippen molar-refractivity contribution in [2.24, 2.45) is 0 Å². The molecule has 1 unspecified atom stereocenters. The van der Waals surface area contributed by atoms with Gasteiger partial charge in [-0.1, -0.05) is 32.6 Å². The van der Waals surface area contributed by atoms with Crippen LogP contribution in [0.4, 0.5) is 0 Å². The smallest absolute Gasteiger partial charge is 0.165 e. The van der Waals surface area contributed by atoms with Crippen molar-refractivity contribution in [1.29, 1.82) is 0 Å². The van der Waals surface area contributed by atoms with E-state index in [-0.39, 0.29) is 16.1 Å². The van der Waals surface area contributed by atoms with Gasteiger partial charge in [-0.05, 0) is 13.0 Å². The third-order valence-corrected chi connectivity index (χ3v) is 3.43. The third kappa shape index (κ3) is 8.24. The number of unbranched alkanes of at least 4 members (excludes halogenated alkanes) is 3. The van der Waals surface area contributed by atoms with Gasteiger partial charge in [-0.25, -0.2) is 0 Å². The number of hydrogen-bond acceptors (Lipinski definition) is 2. The predicted molar refractivity (Wildman–Crippen MR) is 55.0 cm³/mol. The minimum atomic E-state index is -0.300. The van der Waals surface area contributed by atoms with Crippen molar-refractivity contribution in [2.45, 2.75) is 51.9 Å². The van der Waals surface area contributed by atoms with Gasteiger partial charge in [-0.3, -0.25) is 0 Å². The fourth-order valence-electron chi connectivity index (χ4n) is 1.02. The molecule has 0 aromatic heterocycles. The monoisotopic (exact) mass is 190 g/mol. The summed E-state index contributed by atoms with van der Waals surface area (Å²) < 4.78 is 10.5. The molecule has 0 aliphatic heterocycles. The van der Waals surface area contributed by atoms with Crippen molar-refractivity contribution in [3.05, 3.63) is 0 Å². The van der Waals surface area contributed by atoms with E-state index in [0.717, 1.165) is 0 Å². The first kappa shape index (κ1) is 12.1. The molecule has 0 saturated heterocycles. The summed E-state index contributed by atoms with van der Waals surface area (Å²) in [6.45, 7) is 4.19. The van der Waals surface area contributed by atoms with Crippen LogP contribution in [-0.4, -0.2) is 23.2 Å². The Labute approximate surface area is 78.6 Å². The van der Waals surface area contributed by atoms with Crippen LogP contribution in [0.2, 0.25) is 6.04 Å². The number of rotatable bonds is 8. The first-order chi connectivity index (χ1) is 5.81. The maximum absolute atomic E-state index is 5.49. The molecule has 0 radical (unpaired) electrons. The zero-order chi connectivity index (χ0) is 9.23. The van der Waals surface area contributed by atoms with E-state index in [0.29, 0.717) is 0 Å². The van der Waals surface area contributed by atoms with Gasteiger partial charge in [-0.15, -0.1) is 0 Å². The highest BCUT2D eigenvalue weighted by Crippen LogP contribution is 2.03. The van der Waals surface area contributed by atoms with E-state index in [1.54, 1.807) is 7.11 Å². The molecule has 0 amide bonds. The zero-order valence-corrected chi connectivity index (χ0v) is 10.1. The molecule has 3 heteroatoms. The fraction of sp³-hybridized carbons (Fsp3) is 1.00. The Morgan fingerprint density at radius 1 is 1.25 bits per heavy atom. The van der Waals surface area contributed by atoms with Crippen LogP contribution in [0.1, 0.15) is 39.5 Å². The molecule has 12 heavy (non-hydrogen) atoms. The van der Waals surface area contributed by atoms with Crippen LogP contribution in [0.15, 0.2) is 0 Å². The Hall–Kier alpha value is 0.137. The second-order valence-corrected chi connectivity index (χ2v) is 4.54. The second-order valence-electron chi connectivity index (χ2n) is 3.09. The van der Waals surface area contributed by atoms with E-state index in [1.165, 1.54) is 31.7 Å². The van der Waals surface area contributed by atoms with Crippen LogP contribution in [0.5, 0.6) is 0 Å². The lowest BCUT2D eigenvalue weighted by Gasteiger charge is -2.10. The minimum absolute atomic E-state index is 0.0165. The first-order valence-electron chi connectivity index (χ1n) is 4.95. The number of hydrogen-bond donors (Lipinski definition) is 0. The molecule has 0 saturated carbocycles. The Balaban J connectivity index is 2.90. The van der Waals surface area contributed by atoms with Gasteiger partial charge in [0.05, 0.1) is 0 Å². The SMILES string of the molecule is CCCCCC[SiH2]OC(C)OC. The van der Waals surface area contributed by atoms with E-state index < -0.39 is 0 Å². The lowest BCUT2D eigenvalue weighted by molar-refractivity contribution is -0.0371. The lowest BCUT2D eigenvalue weighted by atomic mass is 10.2. The molecule has 0 rings (SSSR count). The van der Waals surface area contributed by atoms with E-state index in [9.17, 15) is 0 Å². The van der Waals surface area contributed by atoms with Crippen LogP contribution in [0, 0.1) is 0 Å². The third-order valence-electron chi connectivity index (χ3n) is 1.93. The zero-order valence-electron chi connectivity index (χ0n) is 8.64. The van der Waals surface area contributed by atoms with Gasteiger partial charge >= 0.3 is 0 Å². The van der Waals surface area contributed by atoms with Gasteiger partial charge in [0, 0.05) is 7.11 Å². The molecule has 1 atom stereocenters. The van der Waals surface area contributed by atoms with Crippen LogP contribution in [-0.2, 0) is 9.16 Å². The molecule has 0 fully saturated rings. The highest BCUT2D eigenvalue weighted by atomic mass is 28.2. The van der Waals surface area contributed by atoms with E-state index >= 15 is 0 Å². The molecular weight excluding hydrogens is 168 g/mol. The average Bonchev–Trinajstić information content (AvgIpc) is 2.10. The quantitative estimate of drug-likeness (QED) is 0.331. The summed E-state index contributed by atoms with van der Waals surface area (Å²) in [7, 11) is 1.39. The molecule has 0 spiro atoms. The van der Waals surface area contributed by atoms with Crippen molar-refractivity contribution in [3.63, 3.8) is 0 Å². The van der Waals surface area contributed by atoms with Crippen LogP contribution < -0.4 is 0 Å². The van der Waals surface area contributed by atoms with Gasteiger partial charge in [0.25, 0.3) is 0 Å². The van der Waals surface area contributed by atoms with Crippen molar-refractivity contribution in [3.8, 4) is 0 Å². The van der Waals surface area contributed by atoms with Crippen LogP contribution >= 0.6 is 0 Å². The molecule has 0 heterocycles. The Morgan fingerprint density at radius 2 is 2.00 bits per heavy atom. The average molecular weight is 190 g/mol. The number of ether oxygens (including phenoxy) is 1. The first-order valence-corrected chi connectivity index (χ1v) is 6.53. The van der Waals surface area contributed by atoms with Gasteiger partial charge in [0.1, 0.15) is 6.29 Å².